The number of rotatable bonds is 4. The minimum Gasteiger partial charge on any atom is -0.365 e. The summed E-state index contributed by atoms with van der Waals surface area (Å²) in [5.41, 5.74) is 15.4. The predicted molar refractivity (Wildman–Crippen MR) is 124 cm³/mol. The molecule has 4 N–H and O–H groups in total. The first-order valence-electron chi connectivity index (χ1n) is 10.6. The summed E-state index contributed by atoms with van der Waals surface area (Å²) < 4.78 is 0. The molecule has 8 heteroatoms. The topological polar surface area (TPSA) is 106 Å². The Balaban J connectivity index is 1.79. The Morgan fingerprint density at radius 2 is 2.06 bits per heavy atom. The zero-order valence-corrected chi connectivity index (χ0v) is 18.4. The number of carbonyl (C=O) groups excluding carboxylic acids is 2. The number of hydrogen-bond acceptors (Lipinski definition) is 5. The number of primary amides is 1. The van der Waals surface area contributed by atoms with Crippen LogP contribution in [0.4, 0.5) is 21.9 Å². The minimum absolute atomic E-state index is 0.151. The van der Waals surface area contributed by atoms with Gasteiger partial charge in [0.25, 0.3) is 5.91 Å². The third kappa shape index (κ3) is 3.01. The number of benzene rings is 1. The number of aromatic nitrogens is 1. The maximum absolute atomic E-state index is 14.0. The van der Waals surface area contributed by atoms with Crippen molar-refractivity contribution in [2.24, 2.45) is 11.5 Å². The molecule has 31 heavy (non-hydrogen) atoms. The number of anilines is 3. The number of nitrogens with two attached hydrogens (primary N) is 2. The second-order valence-corrected chi connectivity index (χ2v) is 9.55. The predicted octanol–water partition coefficient (Wildman–Crippen LogP) is 4.48. The summed E-state index contributed by atoms with van der Waals surface area (Å²) >= 11 is 1.23. The minimum atomic E-state index is -0.552. The molecule has 0 bridgehead atoms. The second kappa shape index (κ2) is 7.32. The summed E-state index contributed by atoms with van der Waals surface area (Å²) in [6, 6.07) is 9.31. The van der Waals surface area contributed by atoms with Gasteiger partial charge in [-0.2, -0.15) is 0 Å². The van der Waals surface area contributed by atoms with Crippen LogP contribution in [0.1, 0.15) is 54.3 Å². The molecule has 160 valence electrons. The summed E-state index contributed by atoms with van der Waals surface area (Å²) in [5, 5.41) is 0.787. The molecule has 7 nitrogen and oxygen atoms in total. The number of nitrogens with zero attached hydrogens (tertiary/aromatic N) is 3. The van der Waals surface area contributed by atoms with Gasteiger partial charge in [0.1, 0.15) is 9.71 Å². The van der Waals surface area contributed by atoms with Gasteiger partial charge >= 0.3 is 6.03 Å². The van der Waals surface area contributed by atoms with E-state index in [0.717, 1.165) is 41.6 Å². The van der Waals surface area contributed by atoms with Gasteiger partial charge in [-0.1, -0.05) is 26.0 Å². The Labute approximate surface area is 184 Å². The van der Waals surface area contributed by atoms with Gasteiger partial charge in [0, 0.05) is 12.2 Å². The Hall–Kier alpha value is -2.97. The Bertz CT molecular complexity index is 1200. The number of pyridine rings is 1. The van der Waals surface area contributed by atoms with Crippen molar-refractivity contribution in [3.05, 3.63) is 47.0 Å². The van der Waals surface area contributed by atoms with Crippen LogP contribution in [-0.2, 0) is 0 Å². The molecule has 3 aromatic rings. The fraction of sp³-hybridized carbons (Fsp3) is 0.348. The number of urea groups is 1. The molecule has 0 radical (unpaired) electrons. The molecular weight excluding hydrogens is 410 g/mol. The molecule has 3 heterocycles. The summed E-state index contributed by atoms with van der Waals surface area (Å²) in [6.45, 7) is 4.25. The molecule has 3 amide bonds. The maximum Gasteiger partial charge on any atom is 0.333 e. The van der Waals surface area contributed by atoms with E-state index >= 15 is 0 Å². The van der Waals surface area contributed by atoms with E-state index in [4.69, 9.17) is 11.5 Å². The lowest BCUT2D eigenvalue weighted by Gasteiger charge is -2.40. The first-order chi connectivity index (χ1) is 14.9. The fourth-order valence-corrected chi connectivity index (χ4v) is 5.76. The van der Waals surface area contributed by atoms with E-state index in [1.54, 1.807) is 16.0 Å². The molecule has 0 spiro atoms. The van der Waals surface area contributed by atoms with Gasteiger partial charge in [-0.05, 0) is 48.9 Å². The van der Waals surface area contributed by atoms with Crippen molar-refractivity contribution in [1.82, 2.24) is 4.98 Å². The van der Waals surface area contributed by atoms with Crippen LogP contribution in [0, 0.1) is 0 Å². The molecule has 1 aliphatic carbocycles. The van der Waals surface area contributed by atoms with Crippen LogP contribution in [-0.4, -0.2) is 29.0 Å². The summed E-state index contributed by atoms with van der Waals surface area (Å²) in [7, 11) is 0. The number of thiophene rings is 1. The molecule has 2 aliphatic rings. The summed E-state index contributed by atoms with van der Waals surface area (Å²) in [6.07, 6.45) is 4.25. The molecule has 1 aliphatic heterocycles. The highest BCUT2D eigenvalue weighted by Crippen LogP contribution is 2.50. The standard InChI is InChI=1S/C23H25N5O2S/c1-12(2)13-5-3-6-14(11-13)27-17-9-10-26-22-18(17)19(20(31-22)21(25)29)28(23(27)30)16-8-4-7-15(16)24/h3,5-6,9-12,15-16H,4,7-8,24H2,1-2H3,(H2,25,29)/t15-,16+/m0/s1. The van der Waals surface area contributed by atoms with Gasteiger partial charge in [0.2, 0.25) is 0 Å². The summed E-state index contributed by atoms with van der Waals surface area (Å²) in [4.78, 5) is 35.3. The fourth-order valence-electron chi connectivity index (χ4n) is 4.75. The molecule has 5 rings (SSSR count). The molecule has 0 saturated heterocycles. The molecule has 1 saturated carbocycles. The molecule has 1 aromatic carbocycles. The summed E-state index contributed by atoms with van der Waals surface area (Å²) in [5.74, 6) is -0.224. The Kier molecular flexibility index (Phi) is 4.71. The van der Waals surface area contributed by atoms with E-state index < -0.39 is 5.91 Å². The number of hydrogen-bond donors (Lipinski definition) is 2. The molecule has 2 aromatic heterocycles. The van der Waals surface area contributed by atoms with Gasteiger partial charge in [0.05, 0.1) is 28.5 Å². The van der Waals surface area contributed by atoms with Crippen molar-refractivity contribution in [2.75, 3.05) is 9.80 Å². The smallest absolute Gasteiger partial charge is 0.333 e. The number of amides is 3. The van der Waals surface area contributed by atoms with Crippen LogP contribution < -0.4 is 21.3 Å². The average molecular weight is 436 g/mol. The van der Waals surface area contributed by atoms with E-state index in [1.165, 1.54) is 11.3 Å². The highest BCUT2D eigenvalue weighted by Gasteiger charge is 2.44. The molecular formula is C23H25N5O2S. The van der Waals surface area contributed by atoms with Crippen LogP contribution >= 0.6 is 11.3 Å². The van der Waals surface area contributed by atoms with Crippen molar-refractivity contribution in [3.63, 3.8) is 0 Å². The van der Waals surface area contributed by atoms with Crippen molar-refractivity contribution >= 4 is 50.6 Å². The molecule has 2 atom stereocenters. The van der Waals surface area contributed by atoms with Crippen molar-refractivity contribution in [2.45, 2.75) is 51.1 Å². The highest BCUT2D eigenvalue weighted by molar-refractivity contribution is 7.21. The second-order valence-electron chi connectivity index (χ2n) is 8.55. The largest absolute Gasteiger partial charge is 0.365 e. The highest BCUT2D eigenvalue weighted by atomic mass is 32.1. The maximum atomic E-state index is 14.0. The Morgan fingerprint density at radius 1 is 1.26 bits per heavy atom. The van der Waals surface area contributed by atoms with Crippen LogP contribution in [0.25, 0.3) is 10.2 Å². The quantitative estimate of drug-likeness (QED) is 0.630. The normalized spacial score (nSPS) is 20.8. The Morgan fingerprint density at radius 3 is 2.74 bits per heavy atom. The SMILES string of the molecule is CC(C)c1cccc(N2C(=O)N([C@@H]3CCC[C@@H]3N)c3c(C(N)=O)sc4nccc2c34)c1. The zero-order chi connectivity index (χ0) is 21.9. The van der Waals surface area contributed by atoms with Crippen molar-refractivity contribution in [3.8, 4) is 0 Å². The first kappa shape index (κ1) is 20.0. The van der Waals surface area contributed by atoms with Crippen LogP contribution in [0.2, 0.25) is 0 Å². The third-order valence-electron chi connectivity index (χ3n) is 6.31. The monoisotopic (exact) mass is 435 g/mol. The van der Waals surface area contributed by atoms with E-state index in [0.29, 0.717) is 21.3 Å². The average Bonchev–Trinajstić information content (AvgIpc) is 3.34. The van der Waals surface area contributed by atoms with Gasteiger partial charge in [-0.15, -0.1) is 11.3 Å². The zero-order valence-electron chi connectivity index (χ0n) is 17.5. The van der Waals surface area contributed by atoms with Crippen LogP contribution in [0.3, 0.4) is 0 Å². The molecule has 1 fully saturated rings. The van der Waals surface area contributed by atoms with Gasteiger partial charge in [-0.3, -0.25) is 14.6 Å². The van der Waals surface area contributed by atoms with Crippen molar-refractivity contribution in [1.29, 1.82) is 0 Å². The van der Waals surface area contributed by atoms with E-state index in [1.807, 2.05) is 24.3 Å². The van der Waals surface area contributed by atoms with Gasteiger partial charge in [-0.25, -0.2) is 9.78 Å². The van der Waals surface area contributed by atoms with Crippen LogP contribution in [0.15, 0.2) is 36.5 Å². The lowest BCUT2D eigenvalue weighted by Crippen LogP contribution is -2.54. The number of carbonyl (C=O) groups is 2. The van der Waals surface area contributed by atoms with Crippen molar-refractivity contribution < 1.29 is 9.59 Å². The lowest BCUT2D eigenvalue weighted by molar-refractivity contribution is 0.100. The van der Waals surface area contributed by atoms with E-state index in [-0.39, 0.29) is 18.1 Å². The third-order valence-corrected chi connectivity index (χ3v) is 7.41. The lowest BCUT2D eigenvalue weighted by atomic mass is 10.0. The molecule has 0 unspecified atom stereocenters. The first-order valence-corrected chi connectivity index (χ1v) is 11.4. The van der Waals surface area contributed by atoms with E-state index in [9.17, 15) is 9.59 Å². The van der Waals surface area contributed by atoms with Crippen LogP contribution in [0.5, 0.6) is 0 Å². The van der Waals surface area contributed by atoms with Gasteiger partial charge < -0.3 is 11.5 Å². The van der Waals surface area contributed by atoms with E-state index in [2.05, 4.69) is 24.9 Å². The van der Waals surface area contributed by atoms with Gasteiger partial charge in [0.15, 0.2) is 0 Å².